The van der Waals surface area contributed by atoms with E-state index < -0.39 is 17.5 Å². The molecule has 0 aliphatic carbocycles. The molecule has 27 heavy (non-hydrogen) atoms. The van der Waals surface area contributed by atoms with Gasteiger partial charge in [-0.05, 0) is 41.1 Å². The summed E-state index contributed by atoms with van der Waals surface area (Å²) < 4.78 is 26.9. The van der Waals surface area contributed by atoms with E-state index in [9.17, 15) is 13.6 Å². The van der Waals surface area contributed by atoms with Crippen LogP contribution in [0.25, 0.3) is 0 Å². The number of anilines is 1. The van der Waals surface area contributed by atoms with Crippen molar-refractivity contribution in [3.8, 4) is 0 Å². The number of benzene rings is 2. The summed E-state index contributed by atoms with van der Waals surface area (Å²) in [5.74, 6) is -1.71. The van der Waals surface area contributed by atoms with Gasteiger partial charge in [-0.3, -0.25) is 10.1 Å². The molecule has 0 radical (unpaired) electrons. The van der Waals surface area contributed by atoms with Crippen LogP contribution in [-0.4, -0.2) is 12.5 Å². The normalized spacial score (nSPS) is 12.0. The van der Waals surface area contributed by atoms with Crippen LogP contribution >= 0.6 is 11.3 Å². The first-order chi connectivity index (χ1) is 13.1. The number of amides is 1. The molecule has 3 nitrogen and oxygen atoms in total. The molecule has 0 saturated heterocycles. The molecule has 2 aromatic carbocycles. The fraction of sp³-hybridized carbons (Fsp3) is 0.190. The van der Waals surface area contributed by atoms with Crippen molar-refractivity contribution >= 4 is 22.9 Å². The highest BCUT2D eigenvalue weighted by Gasteiger charge is 2.17. The predicted octanol–water partition coefficient (Wildman–Crippen LogP) is 4.91. The first-order valence-corrected chi connectivity index (χ1v) is 9.55. The molecule has 2 N–H and O–H groups in total. The van der Waals surface area contributed by atoms with E-state index in [2.05, 4.69) is 29.7 Å². The van der Waals surface area contributed by atoms with Gasteiger partial charge < -0.3 is 5.32 Å². The molecule has 1 heterocycles. The molecule has 0 aliphatic heterocycles. The highest BCUT2D eigenvalue weighted by atomic mass is 32.1. The monoisotopic (exact) mass is 386 g/mol. The highest BCUT2D eigenvalue weighted by Crippen LogP contribution is 2.26. The molecule has 1 unspecified atom stereocenters. The number of aryl methyl sites for hydroxylation is 1. The smallest absolute Gasteiger partial charge is 0.238 e. The molecule has 1 atom stereocenters. The number of nitrogens with one attached hydrogen (secondary N) is 2. The van der Waals surface area contributed by atoms with Crippen LogP contribution in [0.2, 0.25) is 0 Å². The Morgan fingerprint density at radius 1 is 1.11 bits per heavy atom. The third-order valence-electron chi connectivity index (χ3n) is 4.22. The fourth-order valence-electron chi connectivity index (χ4n) is 2.77. The summed E-state index contributed by atoms with van der Waals surface area (Å²) in [6.07, 6.45) is 0.957. The van der Waals surface area contributed by atoms with E-state index in [-0.39, 0.29) is 18.3 Å². The first kappa shape index (κ1) is 19.2. The van der Waals surface area contributed by atoms with E-state index in [1.807, 2.05) is 29.6 Å². The van der Waals surface area contributed by atoms with E-state index in [1.165, 1.54) is 5.56 Å². The molecule has 3 rings (SSSR count). The van der Waals surface area contributed by atoms with Gasteiger partial charge in [-0.15, -0.1) is 11.3 Å². The Hall–Kier alpha value is -2.57. The number of rotatable bonds is 7. The molecule has 6 heteroatoms. The van der Waals surface area contributed by atoms with Crippen LogP contribution in [0.5, 0.6) is 0 Å². The van der Waals surface area contributed by atoms with Crippen LogP contribution in [0.3, 0.4) is 0 Å². The molecule has 1 amide bonds. The van der Waals surface area contributed by atoms with Crippen LogP contribution in [0, 0.1) is 11.6 Å². The zero-order valence-electron chi connectivity index (χ0n) is 14.8. The minimum atomic E-state index is -0.672. The number of halogens is 2. The van der Waals surface area contributed by atoms with Crippen molar-refractivity contribution in [2.45, 2.75) is 19.4 Å². The Labute approximate surface area is 161 Å². The molecule has 0 aliphatic rings. The summed E-state index contributed by atoms with van der Waals surface area (Å²) in [5.41, 5.74) is 2.11. The van der Waals surface area contributed by atoms with Gasteiger partial charge in [0.2, 0.25) is 5.91 Å². The molecule has 0 saturated carbocycles. The zero-order chi connectivity index (χ0) is 19.2. The molecule has 1 aromatic heterocycles. The summed E-state index contributed by atoms with van der Waals surface area (Å²) >= 11 is 1.59. The number of carbonyl (C=O) groups is 1. The largest absolute Gasteiger partial charge is 0.322 e. The van der Waals surface area contributed by atoms with Gasteiger partial charge in [0.05, 0.1) is 18.3 Å². The van der Waals surface area contributed by atoms with Crippen molar-refractivity contribution in [3.05, 3.63) is 87.6 Å². The molecular formula is C21H20F2N2OS. The number of carbonyl (C=O) groups excluding carboxylic acids is 1. The maximum Gasteiger partial charge on any atom is 0.238 e. The van der Waals surface area contributed by atoms with Crippen molar-refractivity contribution in [3.63, 3.8) is 0 Å². The lowest BCUT2D eigenvalue weighted by atomic mass is 10.0. The quantitative estimate of drug-likeness (QED) is 0.606. The highest BCUT2D eigenvalue weighted by molar-refractivity contribution is 7.10. The van der Waals surface area contributed by atoms with E-state index >= 15 is 0 Å². The van der Waals surface area contributed by atoms with E-state index in [0.717, 1.165) is 35.1 Å². The Bertz CT molecular complexity index is 895. The van der Waals surface area contributed by atoms with Crippen molar-refractivity contribution in [1.29, 1.82) is 0 Å². The molecule has 0 bridgehead atoms. The number of hydrogen-bond donors (Lipinski definition) is 2. The van der Waals surface area contributed by atoms with Crippen molar-refractivity contribution in [1.82, 2.24) is 5.32 Å². The average Bonchev–Trinajstić information content (AvgIpc) is 3.20. The van der Waals surface area contributed by atoms with Gasteiger partial charge in [0.25, 0.3) is 0 Å². The van der Waals surface area contributed by atoms with Crippen LogP contribution < -0.4 is 10.6 Å². The van der Waals surface area contributed by atoms with Crippen molar-refractivity contribution in [2.24, 2.45) is 0 Å². The Morgan fingerprint density at radius 3 is 2.56 bits per heavy atom. The van der Waals surface area contributed by atoms with Gasteiger partial charge in [0.15, 0.2) is 0 Å². The topological polar surface area (TPSA) is 41.1 Å². The van der Waals surface area contributed by atoms with Crippen molar-refractivity contribution in [2.75, 3.05) is 11.9 Å². The molecule has 140 valence electrons. The van der Waals surface area contributed by atoms with Crippen LogP contribution in [0.15, 0.2) is 60.0 Å². The standard InChI is InChI=1S/C21H20F2N2OS/c1-2-14-5-7-15(8-6-14)21(19-4-3-11-27-19)24-13-20(26)25-18-12-16(22)9-10-17(18)23/h3-12,21,24H,2,13H2,1H3,(H,25,26). The minimum Gasteiger partial charge on any atom is -0.322 e. The van der Waals surface area contributed by atoms with E-state index in [1.54, 1.807) is 11.3 Å². The third kappa shape index (κ3) is 4.99. The first-order valence-electron chi connectivity index (χ1n) is 8.67. The van der Waals surface area contributed by atoms with Crippen LogP contribution in [0.1, 0.15) is 29.0 Å². The Balaban J connectivity index is 1.71. The predicted molar refractivity (Wildman–Crippen MR) is 105 cm³/mol. The maximum atomic E-state index is 13.7. The van der Waals surface area contributed by atoms with Gasteiger partial charge in [-0.25, -0.2) is 8.78 Å². The molecular weight excluding hydrogens is 366 g/mol. The molecule has 3 aromatic rings. The summed E-state index contributed by atoms with van der Waals surface area (Å²) in [6, 6.07) is 15.0. The van der Waals surface area contributed by atoms with Crippen LogP contribution in [-0.2, 0) is 11.2 Å². The van der Waals surface area contributed by atoms with Gasteiger partial charge in [-0.1, -0.05) is 37.3 Å². The van der Waals surface area contributed by atoms with Gasteiger partial charge in [0.1, 0.15) is 11.6 Å². The zero-order valence-corrected chi connectivity index (χ0v) is 15.7. The summed E-state index contributed by atoms with van der Waals surface area (Å²) in [6.45, 7) is 2.06. The molecule has 0 spiro atoms. The van der Waals surface area contributed by atoms with Crippen molar-refractivity contribution < 1.29 is 13.6 Å². The third-order valence-corrected chi connectivity index (χ3v) is 5.16. The van der Waals surface area contributed by atoms with Crippen LogP contribution in [0.4, 0.5) is 14.5 Å². The fourth-order valence-corrected chi connectivity index (χ4v) is 3.59. The molecule has 0 fully saturated rings. The Kier molecular flexibility index (Phi) is 6.32. The van der Waals surface area contributed by atoms with Gasteiger partial charge >= 0.3 is 0 Å². The lowest BCUT2D eigenvalue weighted by Gasteiger charge is -2.18. The van der Waals surface area contributed by atoms with Gasteiger partial charge in [-0.2, -0.15) is 0 Å². The number of thiophene rings is 1. The van der Waals surface area contributed by atoms with E-state index in [4.69, 9.17) is 0 Å². The average molecular weight is 386 g/mol. The SMILES string of the molecule is CCc1ccc(C(NCC(=O)Nc2cc(F)ccc2F)c2cccs2)cc1. The lowest BCUT2D eigenvalue weighted by molar-refractivity contribution is -0.115. The number of hydrogen-bond acceptors (Lipinski definition) is 3. The summed E-state index contributed by atoms with van der Waals surface area (Å²) in [7, 11) is 0. The second kappa shape index (κ2) is 8.88. The Morgan fingerprint density at radius 2 is 1.89 bits per heavy atom. The van der Waals surface area contributed by atoms with Gasteiger partial charge in [0, 0.05) is 10.9 Å². The second-order valence-electron chi connectivity index (χ2n) is 6.10. The summed E-state index contributed by atoms with van der Waals surface area (Å²) in [4.78, 5) is 13.3. The summed E-state index contributed by atoms with van der Waals surface area (Å²) in [5, 5.41) is 7.60. The van der Waals surface area contributed by atoms with E-state index in [0.29, 0.717) is 0 Å². The minimum absolute atomic E-state index is 0.0337. The maximum absolute atomic E-state index is 13.7. The second-order valence-corrected chi connectivity index (χ2v) is 7.08. The lowest BCUT2D eigenvalue weighted by Crippen LogP contribution is -2.31.